The Hall–Kier alpha value is -3.03. The summed E-state index contributed by atoms with van der Waals surface area (Å²) in [5.41, 5.74) is 3.66. The number of morpholine rings is 1. The van der Waals surface area contributed by atoms with Gasteiger partial charge in [0.05, 0.1) is 18.8 Å². The van der Waals surface area contributed by atoms with E-state index in [0.29, 0.717) is 43.0 Å². The van der Waals surface area contributed by atoms with Crippen LogP contribution in [0.2, 0.25) is 0 Å². The highest BCUT2D eigenvalue weighted by atomic mass is 19.1. The van der Waals surface area contributed by atoms with E-state index in [4.69, 9.17) is 4.74 Å². The van der Waals surface area contributed by atoms with Gasteiger partial charge < -0.3 is 10.1 Å². The van der Waals surface area contributed by atoms with Crippen LogP contribution in [-0.2, 0) is 14.3 Å². The molecule has 0 bridgehead atoms. The summed E-state index contributed by atoms with van der Waals surface area (Å²) in [6.45, 7) is 8.18. The Balaban J connectivity index is 1.60. The maximum Gasteiger partial charge on any atom is 0.278 e. The third-order valence-corrected chi connectivity index (χ3v) is 5.87. The lowest BCUT2D eigenvalue weighted by Crippen LogP contribution is -2.39. The molecule has 2 aromatic carbocycles. The molecule has 0 spiro atoms. The number of hydrogen-bond donors (Lipinski definition) is 1. The van der Waals surface area contributed by atoms with Crippen LogP contribution in [0, 0.1) is 19.7 Å². The molecule has 2 aliphatic rings. The van der Waals surface area contributed by atoms with Crippen LogP contribution >= 0.6 is 0 Å². The lowest BCUT2D eigenvalue weighted by molar-refractivity contribution is -0.136. The number of aryl methyl sites for hydroxylation is 2. The van der Waals surface area contributed by atoms with Crippen molar-refractivity contribution in [3.05, 3.63) is 70.7 Å². The number of halogens is 1. The van der Waals surface area contributed by atoms with E-state index in [2.05, 4.69) is 10.2 Å². The van der Waals surface area contributed by atoms with Gasteiger partial charge in [-0.2, -0.15) is 0 Å². The zero-order valence-corrected chi connectivity index (χ0v) is 18.5. The van der Waals surface area contributed by atoms with Crippen LogP contribution < -0.4 is 5.32 Å². The van der Waals surface area contributed by atoms with E-state index in [0.717, 1.165) is 30.8 Å². The molecule has 1 N–H and O–H groups in total. The van der Waals surface area contributed by atoms with E-state index in [1.165, 1.54) is 17.0 Å². The number of nitrogens with one attached hydrogen (secondary N) is 1. The molecule has 7 heteroatoms. The van der Waals surface area contributed by atoms with Gasteiger partial charge in [0.1, 0.15) is 11.5 Å². The predicted octanol–water partition coefficient (Wildman–Crippen LogP) is 3.36. The van der Waals surface area contributed by atoms with Crippen molar-refractivity contribution in [1.82, 2.24) is 9.80 Å². The Kier molecular flexibility index (Phi) is 6.67. The van der Waals surface area contributed by atoms with E-state index in [-0.39, 0.29) is 17.5 Å². The lowest BCUT2D eigenvalue weighted by atomic mass is 9.97. The molecule has 0 aliphatic carbocycles. The van der Waals surface area contributed by atoms with Gasteiger partial charge in [-0.05, 0) is 49.6 Å². The molecular weight excluding hydrogens is 409 g/mol. The zero-order valence-electron chi connectivity index (χ0n) is 18.5. The SMILES string of the molecule is Cc1ccc(C2=C(Nc3cccc(F)c3)C(=O)N(CCCN3CCOCC3)C2=O)c(C)c1. The molecule has 6 nitrogen and oxygen atoms in total. The number of nitrogens with zero attached hydrogens (tertiary/aromatic N) is 2. The third kappa shape index (κ3) is 4.74. The highest BCUT2D eigenvalue weighted by Crippen LogP contribution is 2.32. The van der Waals surface area contributed by atoms with Gasteiger partial charge in [0.2, 0.25) is 0 Å². The Morgan fingerprint density at radius 2 is 1.78 bits per heavy atom. The zero-order chi connectivity index (χ0) is 22.7. The first-order chi connectivity index (χ1) is 15.4. The van der Waals surface area contributed by atoms with E-state index in [1.54, 1.807) is 12.1 Å². The highest BCUT2D eigenvalue weighted by molar-refractivity contribution is 6.36. The van der Waals surface area contributed by atoms with E-state index >= 15 is 0 Å². The van der Waals surface area contributed by atoms with Crippen molar-refractivity contribution in [2.24, 2.45) is 0 Å². The molecule has 4 rings (SSSR count). The molecular formula is C25H28FN3O3. The number of carbonyl (C=O) groups is 2. The standard InChI is InChI=1S/C25H28FN3O3/c1-17-7-8-21(18(2)15-17)22-23(27-20-6-3-5-19(26)16-20)25(31)29(24(22)30)10-4-9-28-11-13-32-14-12-28/h3,5-8,15-16,27H,4,9-14H2,1-2H3. The number of benzene rings is 2. The van der Waals surface area contributed by atoms with Crippen molar-refractivity contribution >= 4 is 23.1 Å². The topological polar surface area (TPSA) is 61.9 Å². The van der Waals surface area contributed by atoms with Crippen molar-refractivity contribution in [3.8, 4) is 0 Å². The van der Waals surface area contributed by atoms with Crippen LogP contribution in [0.25, 0.3) is 5.57 Å². The molecule has 2 heterocycles. The second-order valence-electron chi connectivity index (χ2n) is 8.27. The fraction of sp³-hybridized carbons (Fsp3) is 0.360. The van der Waals surface area contributed by atoms with Crippen molar-refractivity contribution in [3.63, 3.8) is 0 Å². The molecule has 32 heavy (non-hydrogen) atoms. The summed E-state index contributed by atoms with van der Waals surface area (Å²) in [5, 5.41) is 3.02. The number of carbonyl (C=O) groups excluding carboxylic acids is 2. The van der Waals surface area contributed by atoms with Crippen LogP contribution in [0.15, 0.2) is 48.2 Å². The fourth-order valence-electron chi connectivity index (χ4n) is 4.23. The summed E-state index contributed by atoms with van der Waals surface area (Å²) in [7, 11) is 0. The van der Waals surface area contributed by atoms with Crippen LogP contribution in [0.5, 0.6) is 0 Å². The minimum absolute atomic E-state index is 0.193. The average molecular weight is 438 g/mol. The highest BCUT2D eigenvalue weighted by Gasteiger charge is 2.39. The van der Waals surface area contributed by atoms with Gasteiger partial charge in [0.15, 0.2) is 0 Å². The smallest absolute Gasteiger partial charge is 0.278 e. The van der Waals surface area contributed by atoms with Crippen molar-refractivity contribution in [1.29, 1.82) is 0 Å². The summed E-state index contributed by atoms with van der Waals surface area (Å²) < 4.78 is 19.1. The van der Waals surface area contributed by atoms with Gasteiger partial charge in [0.25, 0.3) is 11.8 Å². The first-order valence-electron chi connectivity index (χ1n) is 10.9. The van der Waals surface area contributed by atoms with Crippen molar-refractivity contribution in [2.75, 3.05) is 44.7 Å². The monoisotopic (exact) mass is 437 g/mol. The van der Waals surface area contributed by atoms with Crippen LogP contribution in [0.4, 0.5) is 10.1 Å². The molecule has 0 aromatic heterocycles. The van der Waals surface area contributed by atoms with E-state index in [9.17, 15) is 14.0 Å². The molecule has 0 unspecified atom stereocenters. The van der Waals surface area contributed by atoms with Crippen LogP contribution in [0.1, 0.15) is 23.1 Å². The van der Waals surface area contributed by atoms with E-state index < -0.39 is 5.82 Å². The summed E-state index contributed by atoms with van der Waals surface area (Å²) in [6.07, 6.45) is 0.685. The second-order valence-corrected chi connectivity index (χ2v) is 8.27. The van der Waals surface area contributed by atoms with Gasteiger partial charge in [-0.1, -0.05) is 29.8 Å². The number of amides is 2. The molecule has 2 aromatic rings. The molecule has 1 saturated heterocycles. The second kappa shape index (κ2) is 9.63. The Morgan fingerprint density at radius 3 is 2.50 bits per heavy atom. The quantitative estimate of drug-likeness (QED) is 0.673. The Bertz CT molecular complexity index is 1060. The summed E-state index contributed by atoms with van der Waals surface area (Å²) in [4.78, 5) is 30.3. The Morgan fingerprint density at radius 1 is 1.00 bits per heavy atom. The lowest BCUT2D eigenvalue weighted by Gasteiger charge is -2.27. The first-order valence-corrected chi connectivity index (χ1v) is 10.9. The van der Waals surface area contributed by atoms with Gasteiger partial charge in [-0.15, -0.1) is 0 Å². The van der Waals surface area contributed by atoms with Gasteiger partial charge in [-0.25, -0.2) is 4.39 Å². The minimum atomic E-state index is -0.414. The molecule has 2 amide bonds. The van der Waals surface area contributed by atoms with E-state index in [1.807, 2.05) is 32.0 Å². The minimum Gasteiger partial charge on any atom is -0.379 e. The van der Waals surface area contributed by atoms with Gasteiger partial charge >= 0.3 is 0 Å². The predicted molar refractivity (Wildman–Crippen MR) is 121 cm³/mol. The maximum atomic E-state index is 13.7. The number of anilines is 1. The number of imide groups is 1. The summed E-state index contributed by atoms with van der Waals surface area (Å²) >= 11 is 0. The molecule has 168 valence electrons. The average Bonchev–Trinajstić information content (AvgIpc) is 2.99. The third-order valence-electron chi connectivity index (χ3n) is 5.87. The number of rotatable bonds is 7. The van der Waals surface area contributed by atoms with Gasteiger partial charge in [0, 0.05) is 31.9 Å². The Labute approximate surface area is 187 Å². The number of hydrogen-bond acceptors (Lipinski definition) is 5. The number of ether oxygens (including phenoxy) is 1. The summed E-state index contributed by atoms with van der Waals surface area (Å²) in [6, 6.07) is 11.7. The van der Waals surface area contributed by atoms with Crippen molar-refractivity contribution in [2.45, 2.75) is 20.3 Å². The van der Waals surface area contributed by atoms with Crippen LogP contribution in [0.3, 0.4) is 0 Å². The fourth-order valence-corrected chi connectivity index (χ4v) is 4.23. The first kappa shape index (κ1) is 22.2. The normalized spacial score (nSPS) is 17.4. The molecule has 2 aliphatic heterocycles. The molecule has 0 atom stereocenters. The molecule has 0 saturated carbocycles. The molecule has 1 fully saturated rings. The maximum absolute atomic E-state index is 13.7. The van der Waals surface area contributed by atoms with Gasteiger partial charge in [-0.3, -0.25) is 19.4 Å². The largest absolute Gasteiger partial charge is 0.379 e. The van der Waals surface area contributed by atoms with Crippen molar-refractivity contribution < 1.29 is 18.7 Å². The molecule has 0 radical (unpaired) electrons. The summed E-state index contributed by atoms with van der Waals surface area (Å²) in [5.74, 6) is -1.11. The van der Waals surface area contributed by atoms with Crippen LogP contribution in [-0.4, -0.2) is 61.0 Å².